The molecule has 3 aromatic rings. The van der Waals surface area contributed by atoms with Gasteiger partial charge in [-0.3, -0.25) is 5.43 Å². The van der Waals surface area contributed by atoms with Crippen LogP contribution in [0, 0.1) is 11.3 Å². The molecule has 0 spiro atoms. The van der Waals surface area contributed by atoms with Crippen LogP contribution in [0.2, 0.25) is 0 Å². The predicted octanol–water partition coefficient (Wildman–Crippen LogP) is 2.67. The average Bonchev–Trinajstić information content (AvgIpc) is 3.06. The summed E-state index contributed by atoms with van der Waals surface area (Å²) in [6.07, 6.45) is 0. The molecule has 0 saturated heterocycles. The number of aromatic nitrogens is 2. The average molecular weight is 319 g/mol. The van der Waals surface area contributed by atoms with Gasteiger partial charge in [0.2, 0.25) is 5.71 Å². The smallest absolute Gasteiger partial charge is 0.203 e. The summed E-state index contributed by atoms with van der Waals surface area (Å²) in [4.78, 5) is 7.46. The second kappa shape index (κ2) is 5.93. The molecule has 2 aromatic carbocycles. The number of nitrogens with one attached hydrogen (secondary N) is 2. The van der Waals surface area contributed by atoms with Crippen LogP contribution < -0.4 is 14.9 Å². The maximum absolute atomic E-state index is 9.35. The molecule has 1 aromatic heterocycles. The van der Waals surface area contributed by atoms with Gasteiger partial charge in [0.15, 0.2) is 17.3 Å². The minimum atomic E-state index is 0.168. The van der Waals surface area contributed by atoms with Crippen molar-refractivity contribution >= 4 is 22.4 Å². The number of nitriles is 1. The summed E-state index contributed by atoms with van der Waals surface area (Å²) >= 11 is 0. The zero-order valence-corrected chi connectivity index (χ0v) is 12.6. The lowest BCUT2D eigenvalue weighted by molar-refractivity contribution is 0.171. The molecule has 0 amide bonds. The highest BCUT2D eigenvalue weighted by atomic mass is 16.6. The number of rotatable bonds is 3. The molecule has 0 unspecified atom stereocenters. The second-order valence-electron chi connectivity index (χ2n) is 5.15. The monoisotopic (exact) mass is 319 g/mol. The Morgan fingerprint density at radius 2 is 2.00 bits per heavy atom. The predicted molar refractivity (Wildman–Crippen MR) is 89.3 cm³/mol. The molecular formula is C17H13N5O2. The van der Waals surface area contributed by atoms with Gasteiger partial charge in [0, 0.05) is 6.07 Å². The summed E-state index contributed by atoms with van der Waals surface area (Å²) in [5, 5.41) is 13.5. The number of H-pyrrole nitrogens is 1. The van der Waals surface area contributed by atoms with Crippen molar-refractivity contribution in [3.8, 4) is 17.6 Å². The van der Waals surface area contributed by atoms with Crippen molar-refractivity contribution in [3.05, 3.63) is 48.3 Å². The molecule has 0 radical (unpaired) electrons. The number of fused-ring (bicyclic) bond motifs is 2. The van der Waals surface area contributed by atoms with E-state index in [-0.39, 0.29) is 5.71 Å². The van der Waals surface area contributed by atoms with E-state index in [0.717, 1.165) is 11.0 Å². The van der Waals surface area contributed by atoms with E-state index in [2.05, 4.69) is 20.5 Å². The molecule has 7 heteroatoms. The molecule has 2 N–H and O–H groups in total. The Bertz CT molecular complexity index is 938. The molecule has 0 fully saturated rings. The first-order valence-electron chi connectivity index (χ1n) is 7.42. The van der Waals surface area contributed by atoms with Gasteiger partial charge in [-0.2, -0.15) is 10.4 Å². The third kappa shape index (κ3) is 2.61. The molecule has 1 aliphatic heterocycles. The SMILES string of the molecule is N#CC(=NNc1ccc2c(c1)OCCO2)c1nc2ccccc2[nH]1. The van der Waals surface area contributed by atoms with Crippen LogP contribution in [0.3, 0.4) is 0 Å². The number of ether oxygens (including phenoxy) is 2. The van der Waals surface area contributed by atoms with E-state index in [9.17, 15) is 5.26 Å². The van der Waals surface area contributed by atoms with Gasteiger partial charge >= 0.3 is 0 Å². The molecule has 4 rings (SSSR count). The minimum absolute atomic E-state index is 0.168. The zero-order chi connectivity index (χ0) is 16.4. The van der Waals surface area contributed by atoms with E-state index in [4.69, 9.17) is 9.47 Å². The lowest BCUT2D eigenvalue weighted by Crippen LogP contribution is -2.15. The number of nitrogens with zero attached hydrogens (tertiary/aromatic N) is 3. The van der Waals surface area contributed by atoms with Crippen LogP contribution in [0.25, 0.3) is 11.0 Å². The highest BCUT2D eigenvalue weighted by Gasteiger charge is 2.12. The quantitative estimate of drug-likeness (QED) is 0.571. The van der Waals surface area contributed by atoms with Gasteiger partial charge in [-0.05, 0) is 24.3 Å². The van der Waals surface area contributed by atoms with Crippen molar-refractivity contribution in [1.82, 2.24) is 9.97 Å². The van der Waals surface area contributed by atoms with Crippen molar-refractivity contribution in [2.75, 3.05) is 18.6 Å². The summed E-state index contributed by atoms with van der Waals surface area (Å²) < 4.78 is 11.0. The first-order valence-corrected chi connectivity index (χ1v) is 7.42. The molecule has 0 saturated carbocycles. The van der Waals surface area contributed by atoms with Crippen LogP contribution in [0.4, 0.5) is 5.69 Å². The fraction of sp³-hybridized carbons (Fsp3) is 0.118. The van der Waals surface area contributed by atoms with Crippen molar-refractivity contribution in [1.29, 1.82) is 5.26 Å². The molecule has 7 nitrogen and oxygen atoms in total. The van der Waals surface area contributed by atoms with E-state index in [1.165, 1.54) is 0 Å². The van der Waals surface area contributed by atoms with Crippen LogP contribution in [-0.4, -0.2) is 28.9 Å². The van der Waals surface area contributed by atoms with E-state index in [1.807, 2.05) is 36.4 Å². The van der Waals surface area contributed by atoms with Crippen LogP contribution >= 0.6 is 0 Å². The lowest BCUT2D eigenvalue weighted by atomic mass is 10.2. The number of anilines is 1. The fourth-order valence-electron chi connectivity index (χ4n) is 2.43. The Kier molecular flexibility index (Phi) is 3.48. The Morgan fingerprint density at radius 1 is 1.17 bits per heavy atom. The maximum Gasteiger partial charge on any atom is 0.203 e. The van der Waals surface area contributed by atoms with Gasteiger partial charge in [-0.1, -0.05) is 12.1 Å². The van der Waals surface area contributed by atoms with E-state index < -0.39 is 0 Å². The largest absolute Gasteiger partial charge is 0.486 e. The summed E-state index contributed by atoms with van der Waals surface area (Å²) in [6.45, 7) is 1.06. The van der Waals surface area contributed by atoms with E-state index in [0.29, 0.717) is 36.2 Å². The van der Waals surface area contributed by atoms with Crippen LogP contribution in [0.15, 0.2) is 47.6 Å². The highest BCUT2D eigenvalue weighted by molar-refractivity contribution is 6.10. The normalized spacial score (nSPS) is 13.5. The Labute approximate surface area is 137 Å². The molecular weight excluding hydrogens is 306 g/mol. The summed E-state index contributed by atoms with van der Waals surface area (Å²) in [5.74, 6) is 1.78. The standard InChI is InChI=1S/C17H13N5O2/c18-10-14(17-19-12-3-1-2-4-13(12)20-17)22-21-11-5-6-15-16(9-11)24-8-7-23-15/h1-6,9,21H,7-8H2,(H,19,20). The second-order valence-corrected chi connectivity index (χ2v) is 5.15. The van der Waals surface area contributed by atoms with Crippen molar-refractivity contribution in [3.63, 3.8) is 0 Å². The number of aromatic amines is 1. The summed E-state index contributed by atoms with van der Waals surface area (Å²) in [6, 6.07) is 15.0. The van der Waals surface area contributed by atoms with Crippen molar-refractivity contribution in [2.24, 2.45) is 5.10 Å². The first kappa shape index (κ1) is 14.1. The van der Waals surface area contributed by atoms with Gasteiger partial charge in [-0.25, -0.2) is 4.98 Å². The van der Waals surface area contributed by atoms with Gasteiger partial charge < -0.3 is 14.5 Å². The zero-order valence-electron chi connectivity index (χ0n) is 12.6. The number of hydrogen-bond acceptors (Lipinski definition) is 6. The van der Waals surface area contributed by atoms with Gasteiger partial charge in [-0.15, -0.1) is 0 Å². The Hall–Kier alpha value is -3.53. The van der Waals surface area contributed by atoms with E-state index >= 15 is 0 Å². The molecule has 0 bridgehead atoms. The van der Waals surface area contributed by atoms with Crippen molar-refractivity contribution < 1.29 is 9.47 Å². The summed E-state index contributed by atoms with van der Waals surface area (Å²) in [5.41, 5.74) is 5.37. The molecule has 1 aliphatic rings. The summed E-state index contributed by atoms with van der Waals surface area (Å²) in [7, 11) is 0. The highest BCUT2D eigenvalue weighted by Crippen LogP contribution is 2.32. The number of para-hydroxylation sites is 2. The Balaban J connectivity index is 1.60. The number of benzene rings is 2. The number of hydrazone groups is 1. The third-order valence-corrected chi connectivity index (χ3v) is 3.56. The fourth-order valence-corrected chi connectivity index (χ4v) is 2.43. The molecule has 0 atom stereocenters. The Morgan fingerprint density at radius 3 is 2.83 bits per heavy atom. The molecule has 0 aliphatic carbocycles. The van der Waals surface area contributed by atoms with Crippen LogP contribution in [-0.2, 0) is 0 Å². The lowest BCUT2D eigenvalue weighted by Gasteiger charge is -2.18. The minimum Gasteiger partial charge on any atom is -0.486 e. The third-order valence-electron chi connectivity index (χ3n) is 3.56. The molecule has 118 valence electrons. The molecule has 2 heterocycles. The van der Waals surface area contributed by atoms with Gasteiger partial charge in [0.05, 0.1) is 16.7 Å². The first-order chi connectivity index (χ1) is 11.8. The molecule has 24 heavy (non-hydrogen) atoms. The van der Waals surface area contributed by atoms with Crippen LogP contribution in [0.1, 0.15) is 5.82 Å². The maximum atomic E-state index is 9.35. The van der Waals surface area contributed by atoms with Gasteiger partial charge in [0.25, 0.3) is 0 Å². The number of imidazole rings is 1. The number of hydrogen-bond donors (Lipinski definition) is 2. The van der Waals surface area contributed by atoms with Crippen LogP contribution in [0.5, 0.6) is 11.5 Å². The van der Waals surface area contributed by atoms with E-state index in [1.54, 1.807) is 12.1 Å². The van der Waals surface area contributed by atoms with Crippen molar-refractivity contribution in [2.45, 2.75) is 0 Å². The van der Waals surface area contributed by atoms with Gasteiger partial charge in [0.1, 0.15) is 19.3 Å². The topological polar surface area (TPSA) is 95.3 Å².